The average molecular weight is 232 g/mol. The third-order valence-corrected chi connectivity index (χ3v) is 4.35. The number of rotatable bonds is 4. The smallest absolute Gasteiger partial charge is 0.0939 e. The van der Waals surface area contributed by atoms with Crippen LogP contribution in [0.4, 0.5) is 0 Å². The standard InChI is InChI=1S/C13H16N2S/c14-10(9-5-6-9)7-8-13-15-11-3-1-2-4-12(11)16-13/h1-4,9-10H,5-8,14H2. The minimum atomic E-state index is 0.395. The molecule has 3 rings (SSSR count). The molecule has 1 heterocycles. The second kappa shape index (κ2) is 4.15. The molecule has 1 atom stereocenters. The summed E-state index contributed by atoms with van der Waals surface area (Å²) in [5, 5.41) is 1.23. The van der Waals surface area contributed by atoms with E-state index in [1.165, 1.54) is 22.5 Å². The van der Waals surface area contributed by atoms with E-state index in [-0.39, 0.29) is 0 Å². The number of aromatic nitrogens is 1. The Hall–Kier alpha value is -0.930. The Labute approximate surface area is 99.5 Å². The van der Waals surface area contributed by atoms with Crippen molar-refractivity contribution in [2.24, 2.45) is 11.7 Å². The molecule has 2 nitrogen and oxygen atoms in total. The second-order valence-corrected chi connectivity index (χ2v) is 5.73. The molecule has 0 aliphatic heterocycles. The number of hydrogen-bond acceptors (Lipinski definition) is 3. The lowest BCUT2D eigenvalue weighted by molar-refractivity contribution is 0.550. The molecule has 1 aromatic carbocycles. The van der Waals surface area contributed by atoms with Gasteiger partial charge in [0.1, 0.15) is 0 Å². The van der Waals surface area contributed by atoms with Crippen LogP contribution < -0.4 is 5.73 Å². The third kappa shape index (κ3) is 2.11. The SMILES string of the molecule is NC(CCc1nc2ccccc2s1)C1CC1. The van der Waals surface area contributed by atoms with Gasteiger partial charge in [-0.3, -0.25) is 0 Å². The highest BCUT2D eigenvalue weighted by Gasteiger charge is 2.28. The van der Waals surface area contributed by atoms with E-state index in [1.54, 1.807) is 11.3 Å². The first-order valence-corrected chi connectivity index (χ1v) is 6.74. The molecule has 0 saturated heterocycles. The van der Waals surface area contributed by atoms with Crippen molar-refractivity contribution in [3.8, 4) is 0 Å². The van der Waals surface area contributed by atoms with Gasteiger partial charge >= 0.3 is 0 Å². The number of nitrogens with zero attached hydrogens (tertiary/aromatic N) is 1. The molecular formula is C13H16N2S. The Bertz CT molecular complexity index is 454. The Morgan fingerprint density at radius 1 is 1.38 bits per heavy atom. The minimum absolute atomic E-state index is 0.395. The van der Waals surface area contributed by atoms with Gasteiger partial charge in [0.25, 0.3) is 0 Å². The van der Waals surface area contributed by atoms with E-state index in [1.807, 2.05) is 6.07 Å². The van der Waals surface area contributed by atoms with E-state index < -0.39 is 0 Å². The molecule has 0 radical (unpaired) electrons. The molecule has 1 aliphatic carbocycles. The van der Waals surface area contributed by atoms with Gasteiger partial charge in [-0.2, -0.15) is 0 Å². The van der Waals surface area contributed by atoms with Crippen molar-refractivity contribution >= 4 is 21.6 Å². The molecule has 16 heavy (non-hydrogen) atoms. The summed E-state index contributed by atoms with van der Waals surface area (Å²) < 4.78 is 1.29. The minimum Gasteiger partial charge on any atom is -0.327 e. The molecule has 1 aliphatic rings. The van der Waals surface area contributed by atoms with E-state index in [9.17, 15) is 0 Å². The monoisotopic (exact) mass is 232 g/mol. The molecular weight excluding hydrogens is 216 g/mol. The van der Waals surface area contributed by atoms with Crippen LogP contribution in [0.3, 0.4) is 0 Å². The Morgan fingerprint density at radius 3 is 2.94 bits per heavy atom. The zero-order chi connectivity index (χ0) is 11.0. The number of para-hydroxylation sites is 1. The van der Waals surface area contributed by atoms with E-state index in [4.69, 9.17) is 5.73 Å². The molecule has 1 saturated carbocycles. The molecule has 0 amide bonds. The summed E-state index contributed by atoms with van der Waals surface area (Å²) in [7, 11) is 0. The molecule has 1 aromatic heterocycles. The second-order valence-electron chi connectivity index (χ2n) is 4.62. The maximum atomic E-state index is 6.10. The maximum Gasteiger partial charge on any atom is 0.0939 e. The van der Waals surface area contributed by atoms with E-state index >= 15 is 0 Å². The van der Waals surface area contributed by atoms with Gasteiger partial charge in [-0.05, 0) is 37.3 Å². The van der Waals surface area contributed by atoms with Gasteiger partial charge in [0.15, 0.2) is 0 Å². The fourth-order valence-electron chi connectivity index (χ4n) is 2.08. The summed E-state index contributed by atoms with van der Waals surface area (Å²) >= 11 is 1.80. The summed E-state index contributed by atoms with van der Waals surface area (Å²) in [5.74, 6) is 0.800. The maximum absolute atomic E-state index is 6.10. The molecule has 0 spiro atoms. The fourth-order valence-corrected chi connectivity index (χ4v) is 3.06. The largest absolute Gasteiger partial charge is 0.327 e. The third-order valence-electron chi connectivity index (χ3n) is 3.26. The van der Waals surface area contributed by atoms with Crippen molar-refractivity contribution in [1.29, 1.82) is 0 Å². The number of aryl methyl sites for hydroxylation is 1. The highest BCUT2D eigenvalue weighted by atomic mass is 32.1. The zero-order valence-electron chi connectivity index (χ0n) is 9.23. The molecule has 2 N–H and O–H groups in total. The topological polar surface area (TPSA) is 38.9 Å². The van der Waals surface area contributed by atoms with Gasteiger partial charge in [0.05, 0.1) is 15.2 Å². The van der Waals surface area contributed by atoms with Crippen LogP contribution in [0.15, 0.2) is 24.3 Å². The van der Waals surface area contributed by atoms with Crippen molar-refractivity contribution in [3.05, 3.63) is 29.3 Å². The molecule has 3 heteroatoms. The van der Waals surface area contributed by atoms with Gasteiger partial charge in [-0.15, -0.1) is 11.3 Å². The molecule has 1 unspecified atom stereocenters. The van der Waals surface area contributed by atoms with E-state index in [0.717, 1.165) is 24.3 Å². The number of nitrogens with two attached hydrogens (primary N) is 1. The number of fused-ring (bicyclic) bond motifs is 1. The summed E-state index contributed by atoms with van der Waals surface area (Å²) in [6.45, 7) is 0. The highest BCUT2D eigenvalue weighted by molar-refractivity contribution is 7.18. The van der Waals surface area contributed by atoms with Crippen LogP contribution in [0.1, 0.15) is 24.3 Å². The first-order valence-electron chi connectivity index (χ1n) is 5.93. The van der Waals surface area contributed by atoms with Crippen molar-refractivity contribution in [2.45, 2.75) is 31.7 Å². The Kier molecular flexibility index (Phi) is 2.65. The van der Waals surface area contributed by atoms with Gasteiger partial charge < -0.3 is 5.73 Å². The average Bonchev–Trinajstić information content (AvgIpc) is 3.06. The first-order chi connectivity index (χ1) is 7.83. The predicted molar refractivity (Wildman–Crippen MR) is 68.6 cm³/mol. The number of hydrogen-bond donors (Lipinski definition) is 1. The van der Waals surface area contributed by atoms with Crippen LogP contribution in [-0.2, 0) is 6.42 Å². The molecule has 84 valence electrons. The van der Waals surface area contributed by atoms with Crippen molar-refractivity contribution in [1.82, 2.24) is 4.98 Å². The summed E-state index contributed by atoms with van der Waals surface area (Å²) in [4.78, 5) is 4.63. The van der Waals surface area contributed by atoms with Crippen LogP contribution in [-0.4, -0.2) is 11.0 Å². The van der Waals surface area contributed by atoms with Crippen LogP contribution in [0.25, 0.3) is 10.2 Å². The van der Waals surface area contributed by atoms with Crippen LogP contribution in [0.2, 0.25) is 0 Å². The Balaban J connectivity index is 1.69. The summed E-state index contributed by atoms with van der Waals surface area (Å²) in [6, 6.07) is 8.72. The van der Waals surface area contributed by atoms with E-state index in [0.29, 0.717) is 6.04 Å². The summed E-state index contributed by atoms with van der Waals surface area (Å²) in [6.07, 6.45) is 4.80. The van der Waals surface area contributed by atoms with Crippen LogP contribution in [0.5, 0.6) is 0 Å². The fraction of sp³-hybridized carbons (Fsp3) is 0.462. The molecule has 2 aromatic rings. The lowest BCUT2D eigenvalue weighted by atomic mass is 10.1. The van der Waals surface area contributed by atoms with Gasteiger partial charge in [-0.1, -0.05) is 12.1 Å². The van der Waals surface area contributed by atoms with Crippen LogP contribution in [0, 0.1) is 5.92 Å². The van der Waals surface area contributed by atoms with Crippen molar-refractivity contribution in [2.75, 3.05) is 0 Å². The zero-order valence-corrected chi connectivity index (χ0v) is 10.0. The van der Waals surface area contributed by atoms with Gasteiger partial charge in [-0.25, -0.2) is 4.98 Å². The van der Waals surface area contributed by atoms with Crippen molar-refractivity contribution in [3.63, 3.8) is 0 Å². The van der Waals surface area contributed by atoms with Crippen molar-refractivity contribution < 1.29 is 0 Å². The lowest BCUT2D eigenvalue weighted by Gasteiger charge is -2.07. The predicted octanol–water partition coefficient (Wildman–Crippen LogP) is 2.97. The summed E-state index contributed by atoms with van der Waals surface area (Å²) in [5.41, 5.74) is 7.23. The molecule has 0 bridgehead atoms. The van der Waals surface area contributed by atoms with Gasteiger partial charge in [0.2, 0.25) is 0 Å². The Morgan fingerprint density at radius 2 is 2.19 bits per heavy atom. The van der Waals surface area contributed by atoms with Crippen LogP contribution >= 0.6 is 11.3 Å². The number of benzene rings is 1. The highest BCUT2D eigenvalue weighted by Crippen LogP contribution is 2.33. The first kappa shape index (κ1) is 10.2. The normalized spacial score (nSPS) is 17.8. The molecule has 1 fully saturated rings. The number of thiazole rings is 1. The quantitative estimate of drug-likeness (QED) is 0.880. The lowest BCUT2D eigenvalue weighted by Crippen LogP contribution is -2.22. The van der Waals surface area contributed by atoms with Gasteiger partial charge in [0, 0.05) is 12.5 Å². The van der Waals surface area contributed by atoms with E-state index in [2.05, 4.69) is 23.2 Å².